The molecule has 0 fully saturated rings. The van der Waals surface area contributed by atoms with E-state index in [0.29, 0.717) is 6.54 Å². The zero-order valence-corrected chi connectivity index (χ0v) is 11.2. The van der Waals surface area contributed by atoms with E-state index < -0.39 is 6.04 Å². The minimum atomic E-state index is -0.555. The van der Waals surface area contributed by atoms with Crippen molar-refractivity contribution in [3.05, 3.63) is 53.9 Å². The maximum absolute atomic E-state index is 11.5. The third-order valence-electron chi connectivity index (χ3n) is 3.48. The molecule has 0 bridgehead atoms. The van der Waals surface area contributed by atoms with E-state index in [2.05, 4.69) is 15.2 Å². The van der Waals surface area contributed by atoms with Crippen LogP contribution in [0.4, 0.5) is 11.4 Å². The van der Waals surface area contributed by atoms with Crippen LogP contribution >= 0.6 is 0 Å². The summed E-state index contributed by atoms with van der Waals surface area (Å²) >= 11 is 0. The Kier molecular flexibility index (Phi) is 3.12. The monoisotopic (exact) mass is 268 g/mol. The molecule has 3 N–H and O–H groups in total. The van der Waals surface area contributed by atoms with Crippen LogP contribution in [-0.4, -0.2) is 17.9 Å². The van der Waals surface area contributed by atoms with Gasteiger partial charge in [-0.2, -0.15) is 0 Å². The number of pyridine rings is 1. The number of benzene rings is 1. The molecule has 1 amide bonds. The van der Waals surface area contributed by atoms with E-state index in [9.17, 15) is 4.79 Å². The summed E-state index contributed by atoms with van der Waals surface area (Å²) < 4.78 is 0. The molecule has 1 aliphatic heterocycles. The van der Waals surface area contributed by atoms with E-state index in [-0.39, 0.29) is 5.91 Å². The second-order valence-corrected chi connectivity index (χ2v) is 4.92. The number of carbonyl (C=O) groups is 1. The van der Waals surface area contributed by atoms with Gasteiger partial charge in [-0.3, -0.25) is 9.78 Å². The van der Waals surface area contributed by atoms with E-state index in [1.54, 1.807) is 6.20 Å². The molecule has 5 nitrogen and oxygen atoms in total. The van der Waals surface area contributed by atoms with Gasteiger partial charge in [-0.1, -0.05) is 12.1 Å². The lowest BCUT2D eigenvalue weighted by Crippen LogP contribution is -2.19. The number of anilines is 2. The van der Waals surface area contributed by atoms with Crippen molar-refractivity contribution < 1.29 is 4.79 Å². The Morgan fingerprint density at radius 2 is 2.20 bits per heavy atom. The van der Waals surface area contributed by atoms with E-state index >= 15 is 0 Å². The third kappa shape index (κ3) is 2.23. The van der Waals surface area contributed by atoms with Gasteiger partial charge in [0.05, 0.1) is 12.2 Å². The molecule has 1 aromatic heterocycles. The Hall–Kier alpha value is -2.40. The highest BCUT2D eigenvalue weighted by molar-refractivity contribution is 6.02. The van der Waals surface area contributed by atoms with Gasteiger partial charge in [0.15, 0.2) is 0 Å². The average Bonchev–Trinajstić information content (AvgIpc) is 2.74. The van der Waals surface area contributed by atoms with Gasteiger partial charge < -0.3 is 16.0 Å². The van der Waals surface area contributed by atoms with Crippen molar-refractivity contribution in [2.75, 3.05) is 17.3 Å². The van der Waals surface area contributed by atoms with E-state index in [4.69, 9.17) is 5.73 Å². The molecule has 102 valence electrons. The predicted octanol–water partition coefficient (Wildman–Crippen LogP) is 1.67. The maximum atomic E-state index is 11.5. The van der Waals surface area contributed by atoms with Crippen LogP contribution in [-0.2, 0) is 11.3 Å². The number of nitrogens with two attached hydrogens (primary N) is 1. The Balaban J connectivity index is 1.82. The number of rotatable bonds is 3. The van der Waals surface area contributed by atoms with Crippen molar-refractivity contribution >= 4 is 17.3 Å². The van der Waals surface area contributed by atoms with Crippen molar-refractivity contribution in [3.8, 4) is 0 Å². The maximum Gasteiger partial charge on any atom is 0.245 e. The van der Waals surface area contributed by atoms with Crippen molar-refractivity contribution in [1.29, 1.82) is 0 Å². The van der Waals surface area contributed by atoms with Gasteiger partial charge in [0.1, 0.15) is 6.04 Å². The molecule has 0 spiro atoms. The van der Waals surface area contributed by atoms with Crippen LogP contribution in [0.2, 0.25) is 0 Å². The number of aromatic nitrogens is 1. The summed E-state index contributed by atoms with van der Waals surface area (Å²) in [4.78, 5) is 17.9. The van der Waals surface area contributed by atoms with Gasteiger partial charge >= 0.3 is 0 Å². The molecular formula is C15H16N4O. The predicted molar refractivity (Wildman–Crippen MR) is 78.3 cm³/mol. The fourth-order valence-corrected chi connectivity index (χ4v) is 2.34. The first kappa shape index (κ1) is 12.6. The van der Waals surface area contributed by atoms with Gasteiger partial charge in [-0.15, -0.1) is 0 Å². The number of nitrogens with one attached hydrogen (secondary N) is 1. The zero-order chi connectivity index (χ0) is 14.1. The van der Waals surface area contributed by atoms with Crippen LogP contribution in [0.25, 0.3) is 0 Å². The molecule has 2 aromatic rings. The van der Waals surface area contributed by atoms with E-state index in [1.165, 1.54) is 0 Å². The molecule has 1 atom stereocenters. The topological polar surface area (TPSA) is 71.2 Å². The molecule has 2 heterocycles. The second-order valence-electron chi connectivity index (χ2n) is 4.92. The minimum absolute atomic E-state index is 0.149. The first-order chi connectivity index (χ1) is 9.65. The normalized spacial score (nSPS) is 16.7. The molecule has 1 aromatic carbocycles. The van der Waals surface area contributed by atoms with Gasteiger partial charge in [-0.25, -0.2) is 0 Å². The SMILES string of the molecule is CN(Cc1ccccn1)c1ccc2c(c1)NC(=O)C2N. The molecule has 3 rings (SSSR count). The fraction of sp³-hybridized carbons (Fsp3) is 0.200. The number of amides is 1. The van der Waals surface area contributed by atoms with Gasteiger partial charge in [0, 0.05) is 30.2 Å². The lowest BCUT2D eigenvalue weighted by atomic mass is 10.1. The van der Waals surface area contributed by atoms with Crippen molar-refractivity contribution in [1.82, 2.24) is 4.98 Å². The number of nitrogens with zero attached hydrogens (tertiary/aromatic N) is 2. The number of hydrogen-bond acceptors (Lipinski definition) is 4. The number of fused-ring (bicyclic) bond motifs is 1. The summed E-state index contributed by atoms with van der Waals surface area (Å²) in [6.07, 6.45) is 1.78. The van der Waals surface area contributed by atoms with Crippen molar-refractivity contribution in [3.63, 3.8) is 0 Å². The molecule has 5 heteroatoms. The minimum Gasteiger partial charge on any atom is -0.369 e. The third-order valence-corrected chi connectivity index (χ3v) is 3.48. The van der Waals surface area contributed by atoms with Crippen LogP contribution in [0.15, 0.2) is 42.6 Å². The largest absolute Gasteiger partial charge is 0.369 e. The van der Waals surface area contributed by atoms with Crippen LogP contribution in [0, 0.1) is 0 Å². The molecule has 0 saturated heterocycles. The summed E-state index contributed by atoms with van der Waals surface area (Å²) in [5.41, 5.74) is 9.47. The summed E-state index contributed by atoms with van der Waals surface area (Å²) in [5.74, 6) is -0.149. The van der Waals surface area contributed by atoms with E-state index in [0.717, 1.165) is 22.6 Å². The lowest BCUT2D eigenvalue weighted by Gasteiger charge is -2.19. The highest BCUT2D eigenvalue weighted by atomic mass is 16.2. The Labute approximate surface area is 117 Å². The molecule has 20 heavy (non-hydrogen) atoms. The smallest absolute Gasteiger partial charge is 0.245 e. The Morgan fingerprint density at radius 1 is 1.35 bits per heavy atom. The second kappa shape index (κ2) is 4.94. The molecule has 0 saturated carbocycles. The van der Waals surface area contributed by atoms with Crippen LogP contribution in [0.1, 0.15) is 17.3 Å². The summed E-state index contributed by atoms with van der Waals surface area (Å²) in [6, 6.07) is 11.1. The molecule has 1 aliphatic rings. The molecular weight excluding hydrogens is 252 g/mol. The molecule has 1 unspecified atom stereocenters. The van der Waals surface area contributed by atoms with Gasteiger partial charge in [-0.05, 0) is 24.3 Å². The zero-order valence-electron chi connectivity index (χ0n) is 11.2. The van der Waals surface area contributed by atoms with Crippen LogP contribution < -0.4 is 16.0 Å². The number of carbonyl (C=O) groups excluding carboxylic acids is 1. The summed E-state index contributed by atoms with van der Waals surface area (Å²) in [5, 5.41) is 2.80. The number of hydrogen-bond donors (Lipinski definition) is 2. The van der Waals surface area contributed by atoms with Crippen LogP contribution in [0.5, 0.6) is 0 Å². The van der Waals surface area contributed by atoms with Crippen molar-refractivity contribution in [2.24, 2.45) is 5.73 Å². The summed E-state index contributed by atoms with van der Waals surface area (Å²) in [7, 11) is 1.99. The highest BCUT2D eigenvalue weighted by Gasteiger charge is 2.27. The van der Waals surface area contributed by atoms with Crippen molar-refractivity contribution in [2.45, 2.75) is 12.6 Å². The highest BCUT2D eigenvalue weighted by Crippen LogP contribution is 2.32. The lowest BCUT2D eigenvalue weighted by molar-refractivity contribution is -0.116. The van der Waals surface area contributed by atoms with E-state index in [1.807, 2.05) is 43.4 Å². The first-order valence-corrected chi connectivity index (χ1v) is 6.46. The van der Waals surface area contributed by atoms with Crippen LogP contribution in [0.3, 0.4) is 0 Å². The average molecular weight is 268 g/mol. The summed E-state index contributed by atoms with van der Waals surface area (Å²) in [6.45, 7) is 0.708. The Bertz CT molecular complexity index is 642. The van der Waals surface area contributed by atoms with Gasteiger partial charge in [0.2, 0.25) is 5.91 Å². The Morgan fingerprint density at radius 3 is 2.95 bits per heavy atom. The standard InChI is InChI=1S/C15H16N4O/c1-19(9-10-4-2-3-7-17-10)11-5-6-12-13(8-11)18-15(20)14(12)16/h2-8,14H,9,16H2,1H3,(H,18,20). The fourth-order valence-electron chi connectivity index (χ4n) is 2.34. The first-order valence-electron chi connectivity index (χ1n) is 6.46. The van der Waals surface area contributed by atoms with Gasteiger partial charge in [0.25, 0.3) is 0 Å². The quantitative estimate of drug-likeness (QED) is 0.888. The molecule has 0 radical (unpaired) electrons. The molecule has 0 aliphatic carbocycles.